The molecule has 0 unspecified atom stereocenters. The fourth-order valence-corrected chi connectivity index (χ4v) is 2.02. The number of carbonyl (C=O) groups is 1. The molecule has 7 heteroatoms. The van der Waals surface area contributed by atoms with Gasteiger partial charge in [0.15, 0.2) is 0 Å². The van der Waals surface area contributed by atoms with E-state index in [0.717, 1.165) is 10.2 Å². The summed E-state index contributed by atoms with van der Waals surface area (Å²) in [6, 6.07) is 10.5. The highest BCUT2D eigenvalue weighted by Crippen LogP contribution is 2.03. The average molecular weight is 295 g/mol. The summed E-state index contributed by atoms with van der Waals surface area (Å²) in [7, 11) is 0. The molecule has 22 heavy (non-hydrogen) atoms. The minimum absolute atomic E-state index is 0.165. The van der Waals surface area contributed by atoms with Crippen molar-refractivity contribution in [2.45, 2.75) is 13.1 Å². The molecule has 3 aromatic rings. The van der Waals surface area contributed by atoms with Crippen LogP contribution in [-0.4, -0.2) is 25.9 Å². The van der Waals surface area contributed by atoms with E-state index in [1.807, 2.05) is 12.1 Å². The predicted molar refractivity (Wildman–Crippen MR) is 79.9 cm³/mol. The summed E-state index contributed by atoms with van der Waals surface area (Å²) in [4.78, 5) is 28.0. The van der Waals surface area contributed by atoms with Crippen molar-refractivity contribution in [3.8, 4) is 0 Å². The molecule has 1 aromatic carbocycles. The Labute approximate surface area is 125 Å². The molecule has 2 aromatic heterocycles. The first-order valence-electron chi connectivity index (χ1n) is 6.72. The lowest BCUT2D eigenvalue weighted by atomic mass is 10.2. The Hall–Kier alpha value is -3.09. The molecule has 110 valence electrons. The van der Waals surface area contributed by atoms with E-state index in [1.165, 1.54) is 0 Å². The lowest BCUT2D eigenvalue weighted by Crippen LogP contribution is -2.34. The molecule has 2 heterocycles. The number of fused-ring (bicyclic) bond motifs is 1. The normalized spacial score (nSPS) is 10.5. The van der Waals surface area contributed by atoms with Gasteiger partial charge in [0, 0.05) is 18.9 Å². The van der Waals surface area contributed by atoms with Gasteiger partial charge >= 0.3 is 0 Å². The SMILES string of the molecule is O=C(Cn1nnc2ccccc2c1=O)NCc1ccncc1. The Morgan fingerprint density at radius 2 is 1.91 bits per heavy atom. The number of rotatable bonds is 4. The minimum Gasteiger partial charge on any atom is -0.350 e. The molecule has 0 saturated heterocycles. The van der Waals surface area contributed by atoms with Crippen LogP contribution in [0, 0.1) is 0 Å². The Bertz CT molecular complexity index is 860. The zero-order valence-electron chi connectivity index (χ0n) is 11.6. The van der Waals surface area contributed by atoms with Crippen LogP contribution in [0.25, 0.3) is 10.9 Å². The van der Waals surface area contributed by atoms with Gasteiger partial charge in [-0.05, 0) is 29.8 Å². The van der Waals surface area contributed by atoms with Gasteiger partial charge in [0.25, 0.3) is 5.56 Å². The molecular formula is C15H13N5O2. The van der Waals surface area contributed by atoms with Crippen molar-refractivity contribution in [2.24, 2.45) is 0 Å². The van der Waals surface area contributed by atoms with Gasteiger partial charge in [-0.3, -0.25) is 14.6 Å². The highest BCUT2D eigenvalue weighted by atomic mass is 16.2. The second-order valence-corrected chi connectivity index (χ2v) is 4.70. The number of aromatic nitrogens is 4. The van der Waals surface area contributed by atoms with Crippen molar-refractivity contribution in [3.05, 3.63) is 64.7 Å². The van der Waals surface area contributed by atoms with Gasteiger partial charge in [-0.25, -0.2) is 4.68 Å². The highest BCUT2D eigenvalue weighted by molar-refractivity contribution is 5.78. The van der Waals surface area contributed by atoms with E-state index in [4.69, 9.17) is 0 Å². The number of nitrogens with zero attached hydrogens (tertiary/aromatic N) is 4. The summed E-state index contributed by atoms with van der Waals surface area (Å²) in [5.41, 5.74) is 1.12. The maximum atomic E-state index is 12.2. The number of nitrogens with one attached hydrogen (secondary N) is 1. The van der Waals surface area contributed by atoms with Crippen LogP contribution in [0.15, 0.2) is 53.6 Å². The summed E-state index contributed by atoms with van der Waals surface area (Å²) in [5.74, 6) is -0.302. The van der Waals surface area contributed by atoms with Crippen LogP contribution in [0.2, 0.25) is 0 Å². The Balaban J connectivity index is 1.72. The van der Waals surface area contributed by atoms with Crippen LogP contribution in [0.1, 0.15) is 5.56 Å². The molecule has 0 atom stereocenters. The molecule has 0 saturated carbocycles. The molecule has 0 spiro atoms. The van der Waals surface area contributed by atoms with Gasteiger partial charge < -0.3 is 5.32 Å². The highest BCUT2D eigenvalue weighted by Gasteiger charge is 2.09. The second kappa shape index (κ2) is 6.13. The average Bonchev–Trinajstić information content (AvgIpc) is 2.57. The molecule has 3 rings (SSSR count). The van der Waals surface area contributed by atoms with Crippen LogP contribution in [0.3, 0.4) is 0 Å². The molecule has 0 aliphatic carbocycles. The standard InChI is InChI=1S/C15H13N5O2/c21-14(17-9-11-5-7-16-8-6-11)10-20-15(22)12-3-1-2-4-13(12)18-19-20/h1-8H,9-10H2,(H,17,21). The maximum Gasteiger partial charge on any atom is 0.278 e. The van der Waals surface area contributed by atoms with Gasteiger partial charge in [-0.1, -0.05) is 17.3 Å². The Morgan fingerprint density at radius 3 is 2.73 bits per heavy atom. The smallest absolute Gasteiger partial charge is 0.278 e. The summed E-state index contributed by atoms with van der Waals surface area (Å²) in [6.45, 7) is 0.207. The van der Waals surface area contributed by atoms with Crippen LogP contribution in [-0.2, 0) is 17.9 Å². The lowest BCUT2D eigenvalue weighted by Gasteiger charge is -2.06. The summed E-state index contributed by atoms with van der Waals surface area (Å²) in [5, 5.41) is 10.9. The van der Waals surface area contributed by atoms with Crippen molar-refractivity contribution in [1.82, 2.24) is 25.3 Å². The van der Waals surface area contributed by atoms with Crippen molar-refractivity contribution in [2.75, 3.05) is 0 Å². The van der Waals surface area contributed by atoms with Gasteiger partial charge in [0.1, 0.15) is 12.1 Å². The molecule has 0 radical (unpaired) electrons. The quantitative estimate of drug-likeness (QED) is 0.757. The van der Waals surface area contributed by atoms with Gasteiger partial charge in [-0.15, -0.1) is 5.10 Å². The van der Waals surface area contributed by atoms with Crippen LogP contribution in [0.5, 0.6) is 0 Å². The van der Waals surface area contributed by atoms with Crippen molar-refractivity contribution in [3.63, 3.8) is 0 Å². The van der Waals surface area contributed by atoms with Crippen LogP contribution >= 0.6 is 0 Å². The third-order valence-electron chi connectivity index (χ3n) is 3.16. The number of hydrogen-bond donors (Lipinski definition) is 1. The lowest BCUT2D eigenvalue weighted by molar-refractivity contribution is -0.122. The van der Waals surface area contributed by atoms with Crippen molar-refractivity contribution in [1.29, 1.82) is 0 Å². The molecule has 1 amide bonds. The molecule has 0 fully saturated rings. The minimum atomic E-state index is -0.329. The fourth-order valence-electron chi connectivity index (χ4n) is 2.02. The van der Waals surface area contributed by atoms with Crippen molar-refractivity contribution >= 4 is 16.8 Å². The van der Waals surface area contributed by atoms with Gasteiger partial charge in [0.05, 0.1) is 5.39 Å². The van der Waals surface area contributed by atoms with E-state index in [2.05, 4.69) is 20.6 Å². The largest absolute Gasteiger partial charge is 0.350 e. The van der Waals surface area contributed by atoms with Gasteiger partial charge in [-0.2, -0.15) is 0 Å². The first kappa shape index (κ1) is 13.9. The third kappa shape index (κ3) is 2.98. The van der Waals surface area contributed by atoms with Crippen LogP contribution in [0.4, 0.5) is 0 Å². The molecule has 0 bridgehead atoms. The van der Waals surface area contributed by atoms with E-state index in [1.54, 1.807) is 36.7 Å². The number of pyridine rings is 1. The molecule has 1 N–H and O–H groups in total. The number of benzene rings is 1. The molecular weight excluding hydrogens is 282 g/mol. The second-order valence-electron chi connectivity index (χ2n) is 4.70. The van der Waals surface area contributed by atoms with E-state index < -0.39 is 0 Å². The first-order chi connectivity index (χ1) is 10.7. The third-order valence-corrected chi connectivity index (χ3v) is 3.16. The summed E-state index contributed by atoms with van der Waals surface area (Å²) >= 11 is 0. The fraction of sp³-hybridized carbons (Fsp3) is 0.133. The monoisotopic (exact) mass is 295 g/mol. The summed E-state index contributed by atoms with van der Waals surface area (Å²) in [6.07, 6.45) is 3.31. The summed E-state index contributed by atoms with van der Waals surface area (Å²) < 4.78 is 1.06. The van der Waals surface area contributed by atoms with E-state index in [-0.39, 0.29) is 18.0 Å². The molecule has 7 nitrogen and oxygen atoms in total. The Morgan fingerprint density at radius 1 is 1.14 bits per heavy atom. The molecule has 0 aliphatic rings. The number of carbonyl (C=O) groups excluding carboxylic acids is 1. The van der Waals surface area contributed by atoms with Crippen molar-refractivity contribution < 1.29 is 4.79 Å². The molecule has 0 aliphatic heterocycles. The number of amides is 1. The predicted octanol–water partition coefficient (Wildman–Crippen LogP) is 0.503. The Kier molecular flexibility index (Phi) is 3.86. The van der Waals surface area contributed by atoms with Crippen LogP contribution < -0.4 is 10.9 Å². The van der Waals surface area contributed by atoms with E-state index in [9.17, 15) is 9.59 Å². The van der Waals surface area contributed by atoms with Gasteiger partial charge in [0.2, 0.25) is 5.91 Å². The number of hydrogen-bond acceptors (Lipinski definition) is 5. The van der Waals surface area contributed by atoms with E-state index in [0.29, 0.717) is 17.4 Å². The van der Waals surface area contributed by atoms with E-state index >= 15 is 0 Å². The maximum absolute atomic E-state index is 12.2. The topological polar surface area (TPSA) is 89.8 Å². The zero-order valence-corrected chi connectivity index (χ0v) is 11.6. The first-order valence-corrected chi connectivity index (χ1v) is 6.72. The zero-order chi connectivity index (χ0) is 15.4.